The van der Waals surface area contributed by atoms with Crippen LogP contribution >= 0.6 is 0 Å². The fourth-order valence-corrected chi connectivity index (χ4v) is 7.49. The molecule has 12 nitrogen and oxygen atoms in total. The van der Waals surface area contributed by atoms with E-state index in [9.17, 15) is 14.0 Å². The van der Waals surface area contributed by atoms with Crippen LogP contribution in [-0.4, -0.2) is 99.7 Å². The van der Waals surface area contributed by atoms with E-state index in [1.165, 1.54) is 30.1 Å². The number of nitrogens with zero attached hydrogens (tertiary/aromatic N) is 6. The molecule has 0 radical (unpaired) electrons. The summed E-state index contributed by atoms with van der Waals surface area (Å²) in [6, 6.07) is 9.58. The van der Waals surface area contributed by atoms with Gasteiger partial charge in [0.2, 0.25) is 0 Å². The summed E-state index contributed by atoms with van der Waals surface area (Å²) in [5, 5.41) is 6.10. The third kappa shape index (κ3) is 6.68. The molecular formula is C35H42F3N9O3. The Bertz CT molecular complexity index is 1900. The molecule has 3 saturated heterocycles. The molecule has 0 unspecified atom stereocenters. The molecule has 4 N–H and O–H groups in total. The number of nitrogen functional groups attached to an aromatic ring is 1. The number of carbonyl (C=O) groups is 1. The molecule has 1 atom stereocenters. The molecule has 2 aromatic heterocycles. The summed E-state index contributed by atoms with van der Waals surface area (Å²) < 4.78 is 53.1. The van der Waals surface area contributed by atoms with Gasteiger partial charge in [-0.1, -0.05) is 12.1 Å². The van der Waals surface area contributed by atoms with Crippen LogP contribution in [0, 0.1) is 11.7 Å². The van der Waals surface area contributed by atoms with Crippen molar-refractivity contribution in [2.45, 2.75) is 50.2 Å². The number of fused-ring (bicyclic) bond motifs is 1. The van der Waals surface area contributed by atoms with Crippen LogP contribution in [0.4, 0.5) is 19.0 Å². The Labute approximate surface area is 287 Å². The number of piperidine rings is 2. The second-order valence-corrected chi connectivity index (χ2v) is 13.5. The maximum Gasteiger partial charge on any atom is 0.335 e. The van der Waals surface area contributed by atoms with Gasteiger partial charge in [-0.25, -0.2) is 27.9 Å². The molecule has 3 aliphatic heterocycles. The molecule has 3 fully saturated rings. The zero-order valence-corrected chi connectivity index (χ0v) is 28.0. The van der Waals surface area contributed by atoms with Gasteiger partial charge in [0.05, 0.1) is 24.9 Å². The minimum absolute atomic E-state index is 0.00388. The molecule has 50 heavy (non-hydrogen) atoms. The van der Waals surface area contributed by atoms with E-state index in [1.807, 2.05) is 4.90 Å². The Hall–Kier alpha value is -4.47. The number of carbonyl (C=O) groups excluding carboxylic acids is 1. The van der Waals surface area contributed by atoms with Crippen LogP contribution in [0.2, 0.25) is 0 Å². The predicted molar refractivity (Wildman–Crippen MR) is 182 cm³/mol. The molecule has 0 bridgehead atoms. The minimum Gasteiger partial charge on any atom is -0.496 e. The second kappa shape index (κ2) is 14.0. The van der Waals surface area contributed by atoms with Gasteiger partial charge >= 0.3 is 5.69 Å². The van der Waals surface area contributed by atoms with Gasteiger partial charge in [-0.15, -0.1) is 0 Å². The van der Waals surface area contributed by atoms with Crippen molar-refractivity contribution in [2.24, 2.45) is 5.92 Å². The Morgan fingerprint density at radius 1 is 1.08 bits per heavy atom. The molecule has 0 saturated carbocycles. The lowest BCUT2D eigenvalue weighted by atomic mass is 9.91. The molecule has 0 aliphatic carbocycles. The first-order valence-electron chi connectivity index (χ1n) is 17.1. The largest absolute Gasteiger partial charge is 0.496 e. The van der Waals surface area contributed by atoms with E-state index in [-0.39, 0.29) is 41.3 Å². The molecule has 7 rings (SSSR count). The number of likely N-dealkylation sites (tertiary alicyclic amines) is 2. The average Bonchev–Trinajstić information content (AvgIpc) is 3.38. The summed E-state index contributed by atoms with van der Waals surface area (Å²) in [5.41, 5.74) is 7.03. The number of alkyl halides is 2. The molecule has 0 spiro atoms. The predicted octanol–water partition coefficient (Wildman–Crippen LogP) is 3.20. The summed E-state index contributed by atoms with van der Waals surface area (Å²) in [6.07, 6.45) is 4.35. The third-order valence-corrected chi connectivity index (χ3v) is 10.5. The van der Waals surface area contributed by atoms with Crippen molar-refractivity contribution in [1.82, 2.24) is 39.5 Å². The normalized spacial score (nSPS) is 20.5. The van der Waals surface area contributed by atoms with E-state index in [0.717, 1.165) is 56.1 Å². The van der Waals surface area contributed by atoms with Crippen LogP contribution in [0.1, 0.15) is 47.6 Å². The van der Waals surface area contributed by atoms with Crippen LogP contribution in [0.3, 0.4) is 0 Å². The molecule has 1 amide bonds. The third-order valence-electron chi connectivity index (χ3n) is 10.5. The Balaban J connectivity index is 1.05. The van der Waals surface area contributed by atoms with Crippen molar-refractivity contribution in [3.63, 3.8) is 0 Å². The van der Waals surface area contributed by atoms with E-state index >= 15 is 8.78 Å². The van der Waals surface area contributed by atoms with Gasteiger partial charge in [0.1, 0.15) is 29.5 Å². The topological polar surface area (TPSA) is 136 Å². The highest BCUT2D eigenvalue weighted by molar-refractivity contribution is 5.96. The summed E-state index contributed by atoms with van der Waals surface area (Å²) in [6.45, 7) is 4.99. The van der Waals surface area contributed by atoms with E-state index < -0.39 is 35.9 Å². The highest BCUT2D eigenvalue weighted by Crippen LogP contribution is 2.38. The van der Waals surface area contributed by atoms with Gasteiger partial charge in [0.15, 0.2) is 11.5 Å². The molecule has 4 aromatic rings. The highest BCUT2D eigenvalue weighted by atomic mass is 19.3. The smallest absolute Gasteiger partial charge is 0.335 e. The first-order valence-corrected chi connectivity index (χ1v) is 17.1. The van der Waals surface area contributed by atoms with Crippen LogP contribution in [-0.2, 0) is 6.54 Å². The summed E-state index contributed by atoms with van der Waals surface area (Å²) >= 11 is 0. The number of nitrogens with one attached hydrogen (secondary N) is 2. The van der Waals surface area contributed by atoms with Crippen molar-refractivity contribution in [1.29, 1.82) is 0 Å². The Morgan fingerprint density at radius 3 is 2.52 bits per heavy atom. The maximum atomic E-state index is 16.0. The van der Waals surface area contributed by atoms with Gasteiger partial charge in [-0.05, 0) is 81.1 Å². The number of hydrogen-bond donors (Lipinski definition) is 3. The van der Waals surface area contributed by atoms with E-state index in [4.69, 9.17) is 10.5 Å². The van der Waals surface area contributed by atoms with Crippen LogP contribution in [0.5, 0.6) is 5.75 Å². The first-order chi connectivity index (χ1) is 24.1. The number of amides is 1. The SMILES string of the molecule is COc1cc(F)ccc1C(=O)NCc1ccc(-n2c(=O)n([C@@H]3CCN(CCC4CCN(C5CNC5)CC4)CC3(F)F)c3ncnc(N)c32)cc1. The van der Waals surface area contributed by atoms with Crippen molar-refractivity contribution in [3.8, 4) is 11.4 Å². The van der Waals surface area contributed by atoms with Crippen LogP contribution in [0.15, 0.2) is 53.6 Å². The number of ether oxygens (including phenoxy) is 1. The van der Waals surface area contributed by atoms with E-state index in [1.54, 1.807) is 24.3 Å². The van der Waals surface area contributed by atoms with Gasteiger partial charge in [0, 0.05) is 38.3 Å². The Kier molecular flexibility index (Phi) is 9.55. The van der Waals surface area contributed by atoms with Crippen LogP contribution < -0.4 is 26.8 Å². The number of benzene rings is 2. The highest BCUT2D eigenvalue weighted by Gasteiger charge is 2.47. The average molecular weight is 694 g/mol. The minimum atomic E-state index is -3.18. The Morgan fingerprint density at radius 2 is 1.84 bits per heavy atom. The standard InChI is InChI=1S/C35H42F3N9O3/c1-50-28-16-24(36)4-7-27(28)33(48)41-17-23-2-5-25(6-3-23)46-30-31(39)42-21-43-32(30)47(34(46)49)29-11-13-44(20-35(29,37)38)12-8-22-9-14-45(15-10-22)26-18-40-19-26/h2-7,16,21-22,26,29,40H,8-15,17-20H2,1H3,(H,41,48)(H2,39,42,43)/t29-/m1/s1. The summed E-state index contributed by atoms with van der Waals surface area (Å²) in [4.78, 5) is 39.5. The lowest BCUT2D eigenvalue weighted by Gasteiger charge is -2.43. The molecule has 2 aromatic carbocycles. The van der Waals surface area contributed by atoms with E-state index in [0.29, 0.717) is 36.3 Å². The number of aromatic nitrogens is 4. The monoisotopic (exact) mass is 693 g/mol. The fourth-order valence-electron chi connectivity index (χ4n) is 7.49. The van der Waals surface area contributed by atoms with Gasteiger partial charge in [-0.3, -0.25) is 23.7 Å². The van der Waals surface area contributed by atoms with Crippen molar-refractivity contribution >= 4 is 22.9 Å². The summed E-state index contributed by atoms with van der Waals surface area (Å²) in [5.74, 6) is -3.52. The lowest BCUT2D eigenvalue weighted by molar-refractivity contribution is -0.104. The van der Waals surface area contributed by atoms with Gasteiger partial charge in [0.25, 0.3) is 11.8 Å². The number of methoxy groups -OCH3 is 1. The molecular weight excluding hydrogens is 651 g/mol. The van der Waals surface area contributed by atoms with Crippen molar-refractivity contribution in [2.75, 3.05) is 58.7 Å². The molecule has 3 aliphatic rings. The lowest BCUT2D eigenvalue weighted by Crippen LogP contribution is -2.58. The van der Waals surface area contributed by atoms with Crippen molar-refractivity contribution in [3.05, 3.63) is 76.2 Å². The number of hydrogen-bond acceptors (Lipinski definition) is 9. The number of halogens is 3. The molecule has 5 heterocycles. The van der Waals surface area contributed by atoms with Gasteiger partial charge < -0.3 is 21.1 Å². The zero-order valence-electron chi connectivity index (χ0n) is 28.0. The number of rotatable bonds is 10. The zero-order chi connectivity index (χ0) is 35.0. The molecule has 15 heteroatoms. The second-order valence-electron chi connectivity index (χ2n) is 13.5. The quantitative estimate of drug-likeness (QED) is 0.229. The maximum absolute atomic E-state index is 16.0. The van der Waals surface area contributed by atoms with Crippen molar-refractivity contribution < 1.29 is 22.7 Å². The number of anilines is 1. The van der Waals surface area contributed by atoms with E-state index in [2.05, 4.69) is 25.5 Å². The first kappa shape index (κ1) is 34.0. The number of nitrogens with two attached hydrogens (primary N) is 1. The van der Waals surface area contributed by atoms with Gasteiger partial charge in [-0.2, -0.15) is 0 Å². The number of imidazole rings is 1. The summed E-state index contributed by atoms with van der Waals surface area (Å²) in [7, 11) is 1.35. The molecule has 266 valence electrons. The van der Waals surface area contributed by atoms with Crippen LogP contribution in [0.25, 0.3) is 16.9 Å². The fraction of sp³-hybridized carbons (Fsp3) is 0.486.